The van der Waals surface area contributed by atoms with Crippen molar-refractivity contribution in [2.75, 3.05) is 44.0 Å². The SMILES string of the molecule is CCCCCCCCCCCCCCCCS(=O)(=O)NCCC(=O)N1C[C@H](CCN)C[C@H]1C(=O)N[C@@H](CSC/C=C(\C)CC/C=C(\C)CCC=C(C)C)C(=O)OC. The third-order valence-electron chi connectivity index (χ3n) is 10.8. The minimum atomic E-state index is -3.50. The molecule has 57 heavy (non-hydrogen) atoms. The summed E-state index contributed by atoms with van der Waals surface area (Å²) in [4.78, 5) is 41.2. The maximum absolute atomic E-state index is 13.6. The van der Waals surface area contributed by atoms with Crippen LogP contribution in [0.25, 0.3) is 0 Å². The highest BCUT2D eigenvalue weighted by atomic mass is 32.2. The van der Waals surface area contributed by atoms with E-state index in [9.17, 15) is 22.8 Å². The van der Waals surface area contributed by atoms with Crippen LogP contribution in [0, 0.1) is 5.92 Å². The van der Waals surface area contributed by atoms with Crippen molar-refractivity contribution in [3.63, 3.8) is 0 Å². The van der Waals surface area contributed by atoms with Gasteiger partial charge < -0.3 is 20.7 Å². The van der Waals surface area contributed by atoms with Gasteiger partial charge in [0, 0.05) is 31.0 Å². The fourth-order valence-electron chi connectivity index (χ4n) is 7.21. The molecule has 10 nitrogen and oxygen atoms in total. The van der Waals surface area contributed by atoms with Crippen molar-refractivity contribution in [3.8, 4) is 0 Å². The molecule has 3 atom stereocenters. The number of carbonyl (C=O) groups is 3. The summed E-state index contributed by atoms with van der Waals surface area (Å²) in [5.41, 5.74) is 9.86. The zero-order chi connectivity index (χ0) is 42.3. The van der Waals surface area contributed by atoms with Gasteiger partial charge in [0.25, 0.3) is 0 Å². The monoisotopic (exact) mass is 839 g/mol. The van der Waals surface area contributed by atoms with Crippen molar-refractivity contribution in [3.05, 3.63) is 34.9 Å². The minimum absolute atomic E-state index is 0.0211. The van der Waals surface area contributed by atoms with Gasteiger partial charge in [-0.2, -0.15) is 11.8 Å². The average molecular weight is 839 g/mol. The lowest BCUT2D eigenvalue weighted by molar-refractivity contribution is -0.145. The first-order chi connectivity index (χ1) is 27.3. The van der Waals surface area contributed by atoms with Crippen molar-refractivity contribution in [2.45, 2.75) is 182 Å². The van der Waals surface area contributed by atoms with Crippen LogP contribution in [0.1, 0.15) is 169 Å². The Morgan fingerprint density at radius 1 is 0.825 bits per heavy atom. The molecule has 12 heteroatoms. The maximum atomic E-state index is 13.6. The van der Waals surface area contributed by atoms with Crippen LogP contribution in [-0.4, -0.2) is 87.2 Å². The van der Waals surface area contributed by atoms with Crippen LogP contribution in [0.3, 0.4) is 0 Å². The standard InChI is InChI=1S/C45H82N4O6S2/c1-7-8-9-10-11-12-13-14-15-16-17-18-19-20-33-57(53,54)47-31-28-43(50)49-35-40(27-30-46)34-42(49)44(51)48-41(45(52)55-6)36-56-32-29-39(5)26-22-25-38(4)24-21-23-37(2)3/h23,25,29,40-42,47H,7-22,24,26-28,30-36,46H2,1-6H3,(H,48,51)/b38-25+,39-29+/t40-,41+,42+/m1/s1. The van der Waals surface area contributed by atoms with Crippen LogP contribution in [0.4, 0.5) is 0 Å². The summed E-state index contributed by atoms with van der Waals surface area (Å²) in [6.07, 6.45) is 28.7. The lowest BCUT2D eigenvalue weighted by Crippen LogP contribution is -2.52. The van der Waals surface area contributed by atoms with E-state index in [0.717, 1.165) is 44.9 Å². The second-order valence-electron chi connectivity index (χ2n) is 16.4. The number of carbonyl (C=O) groups excluding carboxylic acids is 3. The van der Waals surface area contributed by atoms with E-state index in [1.807, 2.05) is 0 Å². The van der Waals surface area contributed by atoms with Crippen LogP contribution in [-0.2, 0) is 29.1 Å². The fraction of sp³-hybridized carbons (Fsp3) is 0.800. The predicted octanol–water partition coefficient (Wildman–Crippen LogP) is 9.15. The largest absolute Gasteiger partial charge is 0.467 e. The van der Waals surface area contributed by atoms with Crippen molar-refractivity contribution in [1.29, 1.82) is 0 Å². The molecule has 0 spiro atoms. The molecule has 1 aliphatic rings. The normalized spacial score (nSPS) is 16.8. The van der Waals surface area contributed by atoms with Crippen LogP contribution < -0.4 is 15.8 Å². The van der Waals surface area contributed by atoms with Gasteiger partial charge in [0.2, 0.25) is 21.8 Å². The van der Waals surface area contributed by atoms with Gasteiger partial charge in [0.05, 0.1) is 12.9 Å². The molecule has 1 fully saturated rings. The molecule has 330 valence electrons. The molecule has 0 unspecified atom stereocenters. The number of thioether (sulfide) groups is 1. The van der Waals surface area contributed by atoms with Crippen molar-refractivity contribution in [1.82, 2.24) is 14.9 Å². The van der Waals surface area contributed by atoms with Gasteiger partial charge in [-0.3, -0.25) is 9.59 Å². The number of esters is 1. The van der Waals surface area contributed by atoms with E-state index < -0.39 is 34.0 Å². The number of likely N-dealkylation sites (tertiary alicyclic amines) is 1. The number of nitrogens with one attached hydrogen (secondary N) is 2. The number of nitrogens with two attached hydrogens (primary N) is 1. The van der Waals surface area contributed by atoms with E-state index in [1.54, 1.807) is 0 Å². The van der Waals surface area contributed by atoms with Crippen LogP contribution in [0.2, 0.25) is 0 Å². The van der Waals surface area contributed by atoms with E-state index >= 15 is 0 Å². The Hall–Kier alpha value is -2.15. The van der Waals surface area contributed by atoms with E-state index in [4.69, 9.17) is 10.5 Å². The predicted molar refractivity (Wildman–Crippen MR) is 241 cm³/mol. The van der Waals surface area contributed by atoms with E-state index in [0.29, 0.717) is 43.9 Å². The van der Waals surface area contributed by atoms with Crippen LogP contribution >= 0.6 is 11.8 Å². The molecule has 0 saturated carbocycles. The number of unbranched alkanes of at least 4 members (excludes halogenated alkanes) is 13. The number of rotatable bonds is 34. The molecule has 1 heterocycles. The van der Waals surface area contributed by atoms with Crippen LogP contribution in [0.5, 0.6) is 0 Å². The van der Waals surface area contributed by atoms with Gasteiger partial charge in [-0.15, -0.1) is 0 Å². The molecule has 4 N–H and O–H groups in total. The Morgan fingerprint density at radius 2 is 1.39 bits per heavy atom. The Balaban J connectivity index is 2.51. The number of hydrogen-bond acceptors (Lipinski definition) is 8. The molecule has 0 radical (unpaired) electrons. The highest BCUT2D eigenvalue weighted by Gasteiger charge is 2.40. The number of amides is 2. The third-order valence-corrected chi connectivity index (χ3v) is 13.2. The highest BCUT2D eigenvalue weighted by molar-refractivity contribution is 7.99. The summed E-state index contributed by atoms with van der Waals surface area (Å²) in [5, 5.41) is 2.85. The topological polar surface area (TPSA) is 148 Å². The zero-order valence-corrected chi connectivity index (χ0v) is 38.5. The molecule has 0 bridgehead atoms. The van der Waals surface area contributed by atoms with Crippen LogP contribution in [0.15, 0.2) is 34.9 Å². The number of sulfonamides is 1. The average Bonchev–Trinajstić information content (AvgIpc) is 3.60. The summed E-state index contributed by atoms with van der Waals surface area (Å²) >= 11 is 1.54. The van der Waals surface area contributed by atoms with Crippen molar-refractivity contribution in [2.24, 2.45) is 11.7 Å². The third kappa shape index (κ3) is 26.5. The minimum Gasteiger partial charge on any atom is -0.467 e. The summed E-state index contributed by atoms with van der Waals surface area (Å²) in [6, 6.07) is -1.63. The molecule has 1 aliphatic heterocycles. The number of allylic oxidation sites excluding steroid dienone is 5. The summed E-state index contributed by atoms with van der Waals surface area (Å²) in [7, 11) is -2.20. The number of hydrogen-bond donors (Lipinski definition) is 3. The lowest BCUT2D eigenvalue weighted by atomic mass is 10.0. The van der Waals surface area contributed by atoms with Gasteiger partial charge in [-0.25, -0.2) is 17.9 Å². The van der Waals surface area contributed by atoms with E-state index in [-0.39, 0.29) is 30.5 Å². The van der Waals surface area contributed by atoms with Gasteiger partial charge >= 0.3 is 5.97 Å². The Kier molecular flexibility index (Phi) is 30.3. The first-order valence-corrected chi connectivity index (χ1v) is 25.0. The molecule has 2 amide bonds. The Morgan fingerprint density at radius 3 is 1.95 bits per heavy atom. The van der Waals surface area contributed by atoms with E-state index in [1.165, 1.54) is 105 Å². The number of ether oxygens (including phenoxy) is 1. The second kappa shape index (κ2) is 32.7. The molecule has 1 saturated heterocycles. The molecular weight excluding hydrogens is 757 g/mol. The molecule has 0 aromatic rings. The Labute approximate surface area is 352 Å². The molecule has 0 aliphatic carbocycles. The molecule has 0 aromatic heterocycles. The lowest BCUT2D eigenvalue weighted by Gasteiger charge is -2.26. The quantitative estimate of drug-likeness (QED) is 0.0330. The Bertz CT molecular complexity index is 1330. The van der Waals surface area contributed by atoms with Gasteiger partial charge in [0.15, 0.2) is 0 Å². The molecule has 0 aromatic carbocycles. The zero-order valence-electron chi connectivity index (χ0n) is 36.8. The molecule has 1 rings (SSSR count). The maximum Gasteiger partial charge on any atom is 0.329 e. The second-order valence-corrected chi connectivity index (χ2v) is 19.4. The first kappa shape index (κ1) is 52.9. The summed E-state index contributed by atoms with van der Waals surface area (Å²) < 4.78 is 33.0. The summed E-state index contributed by atoms with van der Waals surface area (Å²) in [5.74, 6) is -0.120. The number of methoxy groups -OCH3 is 1. The summed E-state index contributed by atoms with van der Waals surface area (Å²) in [6.45, 7) is 11.6. The van der Waals surface area contributed by atoms with Gasteiger partial charge in [-0.1, -0.05) is 125 Å². The van der Waals surface area contributed by atoms with Crippen molar-refractivity contribution >= 4 is 39.6 Å². The molecular formula is C45H82N4O6S2. The fourth-order valence-corrected chi connectivity index (χ4v) is 9.35. The number of nitrogens with zero attached hydrogens (tertiary/aromatic N) is 1. The van der Waals surface area contributed by atoms with E-state index in [2.05, 4.69) is 62.9 Å². The van der Waals surface area contributed by atoms with Crippen molar-refractivity contribution < 1.29 is 27.5 Å². The van der Waals surface area contributed by atoms with Gasteiger partial charge in [-0.05, 0) is 85.1 Å². The van der Waals surface area contributed by atoms with Gasteiger partial charge in [0.1, 0.15) is 12.1 Å². The smallest absolute Gasteiger partial charge is 0.329 e. The highest BCUT2D eigenvalue weighted by Crippen LogP contribution is 2.27. The first-order valence-electron chi connectivity index (χ1n) is 22.2.